The summed E-state index contributed by atoms with van der Waals surface area (Å²) in [5.41, 5.74) is -1.07. The molecule has 0 aliphatic carbocycles. The molecule has 30 heavy (non-hydrogen) atoms. The Hall–Kier alpha value is -3.01. The van der Waals surface area contributed by atoms with Gasteiger partial charge in [0.1, 0.15) is 28.3 Å². The maximum absolute atomic E-state index is 14.6. The number of likely N-dealkylation sites (tertiary alicyclic amines) is 1. The first-order valence-corrected chi connectivity index (χ1v) is 9.74. The van der Waals surface area contributed by atoms with Crippen molar-refractivity contribution in [3.8, 4) is 5.69 Å². The SMILES string of the molecule is CC(C)(C)OC(=O)N1CC2(C1)CN(C(=O)c1c(F)cccc1-n1nccn1)CCO2. The van der Waals surface area contributed by atoms with Gasteiger partial charge in [-0.1, -0.05) is 6.07 Å². The Bertz CT molecular complexity index is 951. The molecule has 4 rings (SSSR count). The molecule has 160 valence electrons. The number of hydrogen-bond donors (Lipinski definition) is 0. The van der Waals surface area contributed by atoms with E-state index < -0.39 is 29.0 Å². The van der Waals surface area contributed by atoms with E-state index in [2.05, 4.69) is 10.2 Å². The number of aromatic nitrogens is 3. The van der Waals surface area contributed by atoms with Crippen LogP contribution in [0.25, 0.3) is 5.69 Å². The lowest BCUT2D eigenvalue weighted by Crippen LogP contribution is -2.71. The number of benzene rings is 1. The van der Waals surface area contributed by atoms with Crippen LogP contribution >= 0.6 is 0 Å². The number of morpholine rings is 1. The molecular weight excluding hydrogens is 393 g/mol. The minimum absolute atomic E-state index is 0.0888. The fourth-order valence-electron chi connectivity index (χ4n) is 3.70. The van der Waals surface area contributed by atoms with E-state index in [1.165, 1.54) is 29.3 Å². The van der Waals surface area contributed by atoms with Crippen LogP contribution in [0.15, 0.2) is 30.6 Å². The Labute approximate surface area is 173 Å². The van der Waals surface area contributed by atoms with Gasteiger partial charge >= 0.3 is 6.09 Å². The van der Waals surface area contributed by atoms with Gasteiger partial charge in [-0.15, -0.1) is 0 Å². The van der Waals surface area contributed by atoms with Crippen molar-refractivity contribution >= 4 is 12.0 Å². The second-order valence-corrected chi connectivity index (χ2v) is 8.55. The van der Waals surface area contributed by atoms with Gasteiger partial charge in [-0.25, -0.2) is 9.18 Å². The third-order valence-electron chi connectivity index (χ3n) is 4.99. The number of carbonyl (C=O) groups excluding carboxylic acids is 2. The minimum atomic E-state index is -0.666. The quantitative estimate of drug-likeness (QED) is 0.741. The number of halogens is 1. The molecule has 2 aliphatic heterocycles. The summed E-state index contributed by atoms with van der Waals surface area (Å²) in [4.78, 5) is 29.8. The largest absolute Gasteiger partial charge is 0.444 e. The summed E-state index contributed by atoms with van der Waals surface area (Å²) in [6.45, 7) is 6.93. The molecule has 1 aromatic heterocycles. The van der Waals surface area contributed by atoms with E-state index in [-0.39, 0.29) is 17.8 Å². The molecular formula is C20H24FN5O4. The number of rotatable bonds is 2. The van der Waals surface area contributed by atoms with Gasteiger partial charge in [-0.2, -0.15) is 15.0 Å². The van der Waals surface area contributed by atoms with Crippen LogP contribution < -0.4 is 0 Å². The summed E-state index contributed by atoms with van der Waals surface area (Å²) in [5, 5.41) is 8.03. The molecule has 0 saturated carbocycles. The molecule has 10 heteroatoms. The van der Waals surface area contributed by atoms with E-state index >= 15 is 0 Å². The fourth-order valence-corrected chi connectivity index (χ4v) is 3.70. The van der Waals surface area contributed by atoms with E-state index in [1.54, 1.807) is 36.6 Å². The zero-order valence-corrected chi connectivity index (χ0v) is 17.2. The molecule has 0 bridgehead atoms. The van der Waals surface area contributed by atoms with Gasteiger partial charge in [0.05, 0.1) is 38.6 Å². The first-order chi connectivity index (χ1) is 14.2. The molecule has 2 saturated heterocycles. The summed E-state index contributed by atoms with van der Waals surface area (Å²) in [6, 6.07) is 4.35. The summed E-state index contributed by atoms with van der Waals surface area (Å²) in [5.74, 6) is -1.10. The van der Waals surface area contributed by atoms with Crippen molar-refractivity contribution in [1.29, 1.82) is 0 Å². The maximum atomic E-state index is 14.6. The topological polar surface area (TPSA) is 89.8 Å². The molecule has 2 aromatic rings. The summed E-state index contributed by atoms with van der Waals surface area (Å²) < 4.78 is 25.9. The molecule has 0 radical (unpaired) electrons. The average Bonchev–Trinajstić information content (AvgIpc) is 3.18. The van der Waals surface area contributed by atoms with Crippen LogP contribution in [0.5, 0.6) is 0 Å². The number of ether oxygens (including phenoxy) is 2. The van der Waals surface area contributed by atoms with Crippen molar-refractivity contribution in [2.45, 2.75) is 32.0 Å². The Morgan fingerprint density at radius 2 is 1.80 bits per heavy atom. The molecule has 2 aliphatic rings. The highest BCUT2D eigenvalue weighted by Gasteiger charge is 2.51. The zero-order chi connectivity index (χ0) is 21.5. The number of carbonyl (C=O) groups is 2. The van der Waals surface area contributed by atoms with Gasteiger partial charge in [0.25, 0.3) is 5.91 Å². The normalized spacial score (nSPS) is 18.3. The Morgan fingerprint density at radius 1 is 1.13 bits per heavy atom. The van der Waals surface area contributed by atoms with Crippen molar-refractivity contribution in [3.63, 3.8) is 0 Å². The smallest absolute Gasteiger partial charge is 0.410 e. The lowest BCUT2D eigenvalue weighted by molar-refractivity contribution is -0.171. The number of amides is 2. The molecule has 2 fully saturated rings. The van der Waals surface area contributed by atoms with E-state index in [1.807, 2.05) is 0 Å². The Kier molecular flexibility index (Phi) is 4.97. The number of nitrogens with zero attached hydrogens (tertiary/aromatic N) is 5. The van der Waals surface area contributed by atoms with Crippen molar-refractivity contribution in [2.75, 3.05) is 32.8 Å². The average molecular weight is 417 g/mol. The molecule has 0 N–H and O–H groups in total. The molecule has 3 heterocycles. The highest BCUT2D eigenvalue weighted by atomic mass is 19.1. The predicted molar refractivity (Wildman–Crippen MR) is 104 cm³/mol. The van der Waals surface area contributed by atoms with Crippen molar-refractivity contribution in [2.24, 2.45) is 0 Å². The van der Waals surface area contributed by atoms with E-state index in [4.69, 9.17) is 9.47 Å². The van der Waals surface area contributed by atoms with Crippen LogP contribution in [0.4, 0.5) is 9.18 Å². The van der Waals surface area contributed by atoms with Crippen LogP contribution in [0.3, 0.4) is 0 Å². The first kappa shape index (κ1) is 20.3. The molecule has 0 unspecified atom stereocenters. The van der Waals surface area contributed by atoms with Crippen LogP contribution in [0.2, 0.25) is 0 Å². The van der Waals surface area contributed by atoms with Crippen LogP contribution in [-0.2, 0) is 9.47 Å². The monoisotopic (exact) mass is 417 g/mol. The van der Waals surface area contributed by atoms with Gasteiger partial charge in [-0.05, 0) is 32.9 Å². The second-order valence-electron chi connectivity index (χ2n) is 8.55. The van der Waals surface area contributed by atoms with E-state index in [0.29, 0.717) is 26.2 Å². The second kappa shape index (κ2) is 7.35. The first-order valence-electron chi connectivity index (χ1n) is 9.74. The minimum Gasteiger partial charge on any atom is -0.444 e. The number of hydrogen-bond acceptors (Lipinski definition) is 6. The summed E-state index contributed by atoms with van der Waals surface area (Å²) >= 11 is 0. The van der Waals surface area contributed by atoms with Gasteiger partial charge in [0.2, 0.25) is 0 Å². The van der Waals surface area contributed by atoms with Crippen LogP contribution in [0, 0.1) is 5.82 Å². The van der Waals surface area contributed by atoms with E-state index in [0.717, 1.165) is 0 Å². The fraction of sp³-hybridized carbons (Fsp3) is 0.500. The predicted octanol–water partition coefficient (Wildman–Crippen LogP) is 1.87. The standard InChI is InChI=1S/C20H24FN5O4/c1-19(2,3)30-18(28)25-12-20(13-25)11-24(9-10-29-20)17(27)16-14(21)5-4-6-15(16)26-22-7-8-23-26/h4-8H,9-13H2,1-3H3. The molecule has 0 atom stereocenters. The lowest BCUT2D eigenvalue weighted by Gasteiger charge is -2.53. The third-order valence-corrected chi connectivity index (χ3v) is 4.99. The van der Waals surface area contributed by atoms with Crippen LogP contribution in [-0.4, -0.2) is 80.8 Å². The van der Waals surface area contributed by atoms with Crippen molar-refractivity contribution in [1.82, 2.24) is 24.8 Å². The van der Waals surface area contributed by atoms with Crippen molar-refractivity contribution in [3.05, 3.63) is 42.0 Å². The van der Waals surface area contributed by atoms with Crippen molar-refractivity contribution < 1.29 is 23.5 Å². The Morgan fingerprint density at radius 3 is 2.47 bits per heavy atom. The van der Waals surface area contributed by atoms with Crippen LogP contribution in [0.1, 0.15) is 31.1 Å². The highest BCUT2D eigenvalue weighted by molar-refractivity contribution is 5.98. The third kappa shape index (κ3) is 3.87. The Balaban J connectivity index is 1.49. The van der Waals surface area contributed by atoms with E-state index in [9.17, 15) is 14.0 Å². The van der Waals surface area contributed by atoms with Gasteiger partial charge < -0.3 is 19.3 Å². The summed E-state index contributed by atoms with van der Waals surface area (Å²) in [7, 11) is 0. The van der Waals surface area contributed by atoms with Gasteiger partial charge in [0.15, 0.2) is 0 Å². The summed E-state index contributed by atoms with van der Waals surface area (Å²) in [6.07, 6.45) is 2.51. The zero-order valence-electron chi connectivity index (χ0n) is 17.2. The van der Waals surface area contributed by atoms with Gasteiger partial charge in [0, 0.05) is 6.54 Å². The lowest BCUT2D eigenvalue weighted by atomic mass is 9.92. The van der Waals surface area contributed by atoms with Gasteiger partial charge in [-0.3, -0.25) is 4.79 Å². The molecule has 1 aromatic carbocycles. The molecule has 2 amide bonds. The maximum Gasteiger partial charge on any atom is 0.410 e. The molecule has 1 spiro atoms. The molecule has 9 nitrogen and oxygen atoms in total. The highest BCUT2D eigenvalue weighted by Crippen LogP contribution is 2.31.